The van der Waals surface area contributed by atoms with Crippen LogP contribution in [-0.4, -0.2) is 49.4 Å². The van der Waals surface area contributed by atoms with Gasteiger partial charge in [-0.25, -0.2) is 0 Å². The third-order valence-corrected chi connectivity index (χ3v) is 5.90. The zero-order valence-corrected chi connectivity index (χ0v) is 12.5. The van der Waals surface area contributed by atoms with Crippen molar-refractivity contribution in [3.8, 4) is 0 Å². The first-order valence-electron chi connectivity index (χ1n) is 7.01. The monoisotopic (exact) mass is 296 g/mol. The van der Waals surface area contributed by atoms with Crippen LogP contribution in [0.5, 0.6) is 0 Å². The fraction of sp³-hybridized carbons (Fsp3) is 0.571. The Kier molecular flexibility index (Phi) is 3.81. The third-order valence-electron chi connectivity index (χ3n) is 3.95. The fourth-order valence-corrected chi connectivity index (χ4v) is 4.48. The number of hydrogen-bond acceptors (Lipinski definition) is 3. The Hall–Kier alpha value is -0.950. The summed E-state index contributed by atoms with van der Waals surface area (Å²) in [5.41, 5.74) is 2.37. The fourth-order valence-electron chi connectivity index (χ4n) is 2.83. The Morgan fingerprint density at radius 2 is 1.90 bits per heavy atom. The standard InChI is InChI=1S/C14H20N2O3S/c1-12-10-16(8-9-19-12)20(17,18)15-7-6-13-4-2-3-5-14(13)11-15/h2-5,12H,6-11H2,1H3/t12-/m1/s1. The molecule has 0 aromatic heterocycles. The summed E-state index contributed by atoms with van der Waals surface area (Å²) in [7, 11) is -3.37. The van der Waals surface area contributed by atoms with Crippen molar-refractivity contribution in [3.05, 3.63) is 35.4 Å². The molecular formula is C14H20N2O3S. The Balaban J connectivity index is 1.79. The second-order valence-corrected chi connectivity index (χ2v) is 7.33. The van der Waals surface area contributed by atoms with Gasteiger partial charge in [0, 0.05) is 26.2 Å². The highest BCUT2D eigenvalue weighted by Gasteiger charge is 2.34. The van der Waals surface area contributed by atoms with Crippen LogP contribution in [0.25, 0.3) is 0 Å². The van der Waals surface area contributed by atoms with Gasteiger partial charge in [-0.2, -0.15) is 17.0 Å². The van der Waals surface area contributed by atoms with E-state index >= 15 is 0 Å². The Labute approximate surface area is 120 Å². The number of rotatable bonds is 2. The summed E-state index contributed by atoms with van der Waals surface area (Å²) in [5.74, 6) is 0. The maximum absolute atomic E-state index is 12.7. The van der Waals surface area contributed by atoms with Gasteiger partial charge in [0.15, 0.2) is 0 Å². The zero-order valence-electron chi connectivity index (χ0n) is 11.7. The number of hydrogen-bond donors (Lipinski definition) is 0. The summed E-state index contributed by atoms with van der Waals surface area (Å²) < 4.78 is 33.9. The molecule has 110 valence electrons. The van der Waals surface area contributed by atoms with Gasteiger partial charge < -0.3 is 4.74 Å². The Bertz CT molecular complexity index is 588. The molecule has 1 aromatic carbocycles. The van der Waals surface area contributed by atoms with Crippen molar-refractivity contribution in [2.75, 3.05) is 26.2 Å². The van der Waals surface area contributed by atoms with E-state index in [2.05, 4.69) is 6.07 Å². The summed E-state index contributed by atoms with van der Waals surface area (Å²) in [6, 6.07) is 8.06. The molecule has 3 rings (SSSR count). The molecule has 6 heteroatoms. The minimum atomic E-state index is -3.37. The molecule has 2 heterocycles. The molecule has 2 aliphatic heterocycles. The van der Waals surface area contributed by atoms with Gasteiger partial charge in [-0.1, -0.05) is 24.3 Å². The van der Waals surface area contributed by atoms with Crippen molar-refractivity contribution in [2.45, 2.75) is 26.0 Å². The largest absolute Gasteiger partial charge is 0.376 e. The molecule has 0 unspecified atom stereocenters. The molecule has 0 radical (unpaired) electrons. The maximum atomic E-state index is 12.7. The summed E-state index contributed by atoms with van der Waals surface area (Å²) in [6.07, 6.45) is 0.755. The first kappa shape index (κ1) is 14.0. The molecule has 0 bridgehead atoms. The molecule has 20 heavy (non-hydrogen) atoms. The van der Waals surface area contributed by atoms with Crippen LogP contribution in [0.4, 0.5) is 0 Å². The number of ether oxygens (including phenoxy) is 1. The lowest BCUT2D eigenvalue weighted by molar-refractivity contribution is 0.00811. The molecule has 1 aromatic rings. The number of fused-ring (bicyclic) bond motifs is 1. The second-order valence-electron chi connectivity index (χ2n) is 5.40. The Morgan fingerprint density at radius 1 is 1.15 bits per heavy atom. The molecule has 0 spiro atoms. The molecule has 5 nitrogen and oxygen atoms in total. The number of morpholine rings is 1. The zero-order chi connectivity index (χ0) is 14.2. The van der Waals surface area contributed by atoms with Crippen LogP contribution in [0.1, 0.15) is 18.1 Å². The molecule has 0 amide bonds. The van der Waals surface area contributed by atoms with E-state index in [9.17, 15) is 8.42 Å². The minimum Gasteiger partial charge on any atom is -0.376 e. The van der Waals surface area contributed by atoms with Crippen molar-refractivity contribution in [2.24, 2.45) is 0 Å². The van der Waals surface area contributed by atoms with E-state index in [0.717, 1.165) is 12.0 Å². The van der Waals surface area contributed by atoms with E-state index in [1.165, 1.54) is 5.56 Å². The van der Waals surface area contributed by atoms with Gasteiger partial charge in [-0.05, 0) is 24.5 Å². The highest BCUT2D eigenvalue weighted by molar-refractivity contribution is 7.86. The van der Waals surface area contributed by atoms with Crippen LogP contribution in [0.15, 0.2) is 24.3 Å². The van der Waals surface area contributed by atoms with E-state index in [4.69, 9.17) is 4.74 Å². The van der Waals surface area contributed by atoms with Gasteiger partial charge in [-0.15, -0.1) is 0 Å². The normalized spacial score (nSPS) is 25.4. The van der Waals surface area contributed by atoms with E-state index in [-0.39, 0.29) is 6.10 Å². The molecule has 0 N–H and O–H groups in total. The quantitative estimate of drug-likeness (QED) is 0.818. The third kappa shape index (κ3) is 2.61. The van der Waals surface area contributed by atoms with Gasteiger partial charge >= 0.3 is 0 Å². The van der Waals surface area contributed by atoms with Crippen molar-refractivity contribution >= 4 is 10.2 Å². The summed E-state index contributed by atoms with van der Waals surface area (Å²) >= 11 is 0. The van der Waals surface area contributed by atoms with Crippen molar-refractivity contribution in [3.63, 3.8) is 0 Å². The Morgan fingerprint density at radius 3 is 2.65 bits per heavy atom. The van der Waals surface area contributed by atoms with Crippen LogP contribution < -0.4 is 0 Å². The highest BCUT2D eigenvalue weighted by atomic mass is 32.2. The van der Waals surface area contributed by atoms with Gasteiger partial charge in [-0.3, -0.25) is 0 Å². The van der Waals surface area contributed by atoms with E-state index < -0.39 is 10.2 Å². The average Bonchev–Trinajstić information content (AvgIpc) is 2.46. The first-order chi connectivity index (χ1) is 9.57. The van der Waals surface area contributed by atoms with Gasteiger partial charge in [0.1, 0.15) is 0 Å². The van der Waals surface area contributed by atoms with Gasteiger partial charge in [0.2, 0.25) is 0 Å². The van der Waals surface area contributed by atoms with Crippen LogP contribution >= 0.6 is 0 Å². The van der Waals surface area contributed by atoms with Crippen molar-refractivity contribution in [1.82, 2.24) is 8.61 Å². The van der Waals surface area contributed by atoms with Crippen LogP contribution in [0.2, 0.25) is 0 Å². The number of benzene rings is 1. The smallest absolute Gasteiger partial charge is 0.282 e. The minimum absolute atomic E-state index is 0.0319. The van der Waals surface area contributed by atoms with Crippen molar-refractivity contribution in [1.29, 1.82) is 0 Å². The molecule has 0 aliphatic carbocycles. The molecule has 1 fully saturated rings. The molecule has 1 saturated heterocycles. The van der Waals surface area contributed by atoms with E-state index in [0.29, 0.717) is 32.8 Å². The van der Waals surface area contributed by atoms with Crippen LogP contribution in [0.3, 0.4) is 0 Å². The molecule has 0 saturated carbocycles. The molecular weight excluding hydrogens is 276 g/mol. The van der Waals surface area contributed by atoms with Crippen LogP contribution in [0, 0.1) is 0 Å². The summed E-state index contributed by atoms with van der Waals surface area (Å²) in [4.78, 5) is 0. The topological polar surface area (TPSA) is 49.9 Å². The lowest BCUT2D eigenvalue weighted by atomic mass is 10.0. The predicted octanol–water partition coefficient (Wildman–Crippen LogP) is 1.01. The lowest BCUT2D eigenvalue weighted by Gasteiger charge is -2.36. The van der Waals surface area contributed by atoms with Gasteiger partial charge in [0.25, 0.3) is 10.2 Å². The van der Waals surface area contributed by atoms with E-state index in [1.807, 2.05) is 25.1 Å². The highest BCUT2D eigenvalue weighted by Crippen LogP contribution is 2.23. The predicted molar refractivity (Wildman–Crippen MR) is 76.5 cm³/mol. The maximum Gasteiger partial charge on any atom is 0.282 e. The van der Waals surface area contributed by atoms with E-state index in [1.54, 1.807) is 8.61 Å². The second kappa shape index (κ2) is 5.44. The first-order valence-corrected chi connectivity index (χ1v) is 8.40. The SMILES string of the molecule is C[C@@H]1CN(S(=O)(=O)N2CCc3ccccc3C2)CCO1. The lowest BCUT2D eigenvalue weighted by Crippen LogP contribution is -2.51. The van der Waals surface area contributed by atoms with Crippen LogP contribution in [-0.2, 0) is 27.9 Å². The summed E-state index contributed by atoms with van der Waals surface area (Å²) in [5, 5.41) is 0. The summed E-state index contributed by atoms with van der Waals surface area (Å²) in [6.45, 7) is 4.32. The average molecular weight is 296 g/mol. The van der Waals surface area contributed by atoms with Crippen molar-refractivity contribution < 1.29 is 13.2 Å². The van der Waals surface area contributed by atoms with Gasteiger partial charge in [0.05, 0.1) is 12.7 Å². The molecule has 2 aliphatic rings. The molecule has 1 atom stereocenters. The number of nitrogens with zero attached hydrogens (tertiary/aromatic N) is 2.